The van der Waals surface area contributed by atoms with Gasteiger partial charge in [-0.25, -0.2) is 4.79 Å². The number of allylic oxidation sites excluding steroid dienone is 4. The van der Waals surface area contributed by atoms with E-state index in [1.54, 1.807) is 0 Å². The Bertz CT molecular complexity index is 925. The van der Waals surface area contributed by atoms with Crippen LogP contribution in [0.2, 0.25) is 0 Å². The van der Waals surface area contributed by atoms with Gasteiger partial charge in [-0.15, -0.1) is 0 Å². The fraction of sp³-hybridized carbons (Fsp3) is 0.316. The maximum atomic E-state index is 12.5. The average molecular weight is 401 g/mol. The molecule has 0 unspecified atom stereocenters. The normalized spacial score (nSPS) is 13.9. The van der Waals surface area contributed by atoms with Gasteiger partial charge in [-0.05, 0) is 24.0 Å². The Labute approximate surface area is 165 Å². The second-order valence-electron chi connectivity index (χ2n) is 6.99. The van der Waals surface area contributed by atoms with E-state index in [4.69, 9.17) is 4.84 Å². The minimum Gasteiger partial charge on any atom is -0.312 e. The zero-order valence-corrected chi connectivity index (χ0v) is 16.2. The lowest BCUT2D eigenvalue weighted by atomic mass is 9.84. The van der Waals surface area contributed by atoms with E-state index in [0.29, 0.717) is 11.1 Å². The molecular formula is C19H19N3O7. The molecule has 0 N–H and O–H groups in total. The van der Waals surface area contributed by atoms with Crippen molar-refractivity contribution in [2.45, 2.75) is 27.7 Å². The number of nitro groups is 2. The summed E-state index contributed by atoms with van der Waals surface area (Å²) in [5.74, 6) is -1.36. The number of nitro benzene ring substituents is 2. The van der Waals surface area contributed by atoms with Crippen molar-refractivity contribution in [2.24, 2.45) is 17.0 Å². The van der Waals surface area contributed by atoms with Crippen molar-refractivity contribution in [3.63, 3.8) is 0 Å². The van der Waals surface area contributed by atoms with Crippen molar-refractivity contribution < 1.29 is 24.3 Å². The highest BCUT2D eigenvalue weighted by Gasteiger charge is 2.25. The molecule has 10 nitrogen and oxygen atoms in total. The summed E-state index contributed by atoms with van der Waals surface area (Å²) >= 11 is 0. The fourth-order valence-electron chi connectivity index (χ4n) is 2.64. The summed E-state index contributed by atoms with van der Waals surface area (Å²) in [6, 6.07) is 2.47. The molecule has 10 heteroatoms. The van der Waals surface area contributed by atoms with Crippen molar-refractivity contribution >= 4 is 28.8 Å². The molecule has 1 aliphatic rings. The lowest BCUT2D eigenvalue weighted by molar-refractivity contribution is -0.394. The Hall–Kier alpha value is -3.69. The standard InChI is InChI=1S/C19H19N3O7/c1-10(2)16-7-13(8-17(11(3)4)18(16)23)20-29-19(24)12-5-14(21(25)26)9-15(6-12)22(27)28/h5-11H,1-4H3. The SMILES string of the molecule is CC(C)C1=CC(=NOC(=O)c2cc([N+](=O)[O-])cc([N+](=O)[O-])c2)C=C(C(C)C)C1=O. The molecule has 0 spiro atoms. The van der Waals surface area contributed by atoms with Crippen LogP contribution in [-0.4, -0.2) is 27.3 Å². The summed E-state index contributed by atoms with van der Waals surface area (Å²) < 4.78 is 0. The van der Waals surface area contributed by atoms with Gasteiger partial charge in [-0.1, -0.05) is 32.9 Å². The molecule has 0 aromatic heterocycles. The summed E-state index contributed by atoms with van der Waals surface area (Å²) in [6.45, 7) is 7.38. The molecule has 2 rings (SSSR count). The monoisotopic (exact) mass is 401 g/mol. The van der Waals surface area contributed by atoms with Crippen LogP contribution in [0.1, 0.15) is 38.1 Å². The number of carbonyl (C=O) groups is 2. The average Bonchev–Trinajstić information content (AvgIpc) is 2.65. The molecule has 0 saturated heterocycles. The summed E-state index contributed by atoms with van der Waals surface area (Å²) in [6.07, 6.45) is 3.00. The Morgan fingerprint density at radius 3 is 1.76 bits per heavy atom. The number of nitrogens with zero attached hydrogens (tertiary/aromatic N) is 3. The molecule has 0 amide bonds. The molecule has 1 aliphatic carbocycles. The molecule has 0 heterocycles. The highest BCUT2D eigenvalue weighted by atomic mass is 16.7. The third-order valence-corrected chi connectivity index (χ3v) is 4.17. The molecule has 0 radical (unpaired) electrons. The van der Waals surface area contributed by atoms with Crippen molar-refractivity contribution in [3.05, 3.63) is 67.3 Å². The first-order valence-corrected chi connectivity index (χ1v) is 8.72. The second kappa shape index (κ2) is 8.55. The number of benzene rings is 1. The summed E-state index contributed by atoms with van der Waals surface area (Å²) in [5.41, 5.74) is -0.375. The van der Waals surface area contributed by atoms with Gasteiger partial charge in [0.05, 0.1) is 21.5 Å². The first kappa shape index (κ1) is 21.6. The summed E-state index contributed by atoms with van der Waals surface area (Å²) in [7, 11) is 0. The molecule has 0 aliphatic heterocycles. The number of carbonyl (C=O) groups excluding carboxylic acids is 2. The lowest BCUT2D eigenvalue weighted by Gasteiger charge is -2.19. The Balaban J connectivity index is 2.37. The highest BCUT2D eigenvalue weighted by molar-refractivity contribution is 6.22. The number of non-ortho nitro benzene ring substituents is 2. The van der Waals surface area contributed by atoms with Gasteiger partial charge >= 0.3 is 5.97 Å². The number of hydrogen-bond acceptors (Lipinski definition) is 8. The van der Waals surface area contributed by atoms with E-state index < -0.39 is 27.2 Å². The molecule has 29 heavy (non-hydrogen) atoms. The molecule has 0 saturated carbocycles. The van der Waals surface area contributed by atoms with Crippen LogP contribution in [0.4, 0.5) is 11.4 Å². The second-order valence-corrected chi connectivity index (χ2v) is 6.99. The quantitative estimate of drug-likeness (QED) is 0.305. The third kappa shape index (κ3) is 4.98. The number of Topliss-reactive ketones (excluding diaryl/α,β-unsaturated/α-hetero) is 1. The maximum absolute atomic E-state index is 12.5. The van der Waals surface area contributed by atoms with Crippen LogP contribution in [0, 0.1) is 32.1 Å². The Kier molecular flexibility index (Phi) is 6.37. The van der Waals surface area contributed by atoms with Gasteiger partial charge in [0.2, 0.25) is 0 Å². The minimum atomic E-state index is -1.10. The zero-order valence-electron chi connectivity index (χ0n) is 16.2. The first-order valence-electron chi connectivity index (χ1n) is 8.72. The smallest absolute Gasteiger partial charge is 0.312 e. The van der Waals surface area contributed by atoms with Crippen LogP contribution >= 0.6 is 0 Å². The Morgan fingerprint density at radius 2 is 1.38 bits per heavy atom. The van der Waals surface area contributed by atoms with Crippen LogP contribution < -0.4 is 0 Å². The molecule has 0 fully saturated rings. The van der Waals surface area contributed by atoms with E-state index in [1.165, 1.54) is 12.2 Å². The minimum absolute atomic E-state index is 0.0784. The van der Waals surface area contributed by atoms with E-state index in [-0.39, 0.29) is 28.9 Å². The van der Waals surface area contributed by atoms with Gasteiger partial charge in [0, 0.05) is 23.3 Å². The summed E-state index contributed by atoms with van der Waals surface area (Å²) in [4.78, 5) is 49.8. The molecular weight excluding hydrogens is 382 g/mol. The van der Waals surface area contributed by atoms with Gasteiger partial charge in [0.25, 0.3) is 11.4 Å². The van der Waals surface area contributed by atoms with Crippen molar-refractivity contribution in [1.29, 1.82) is 0 Å². The third-order valence-electron chi connectivity index (χ3n) is 4.17. The number of rotatable bonds is 6. The topological polar surface area (TPSA) is 142 Å². The first-order chi connectivity index (χ1) is 13.5. The molecule has 1 aromatic rings. The highest BCUT2D eigenvalue weighted by Crippen LogP contribution is 2.26. The van der Waals surface area contributed by atoms with Gasteiger partial charge in [0.15, 0.2) is 5.78 Å². The Morgan fingerprint density at radius 1 is 0.931 bits per heavy atom. The van der Waals surface area contributed by atoms with E-state index in [9.17, 15) is 29.8 Å². The molecule has 0 atom stereocenters. The van der Waals surface area contributed by atoms with Crippen LogP contribution in [0.5, 0.6) is 0 Å². The van der Waals surface area contributed by atoms with Gasteiger partial charge in [-0.2, -0.15) is 0 Å². The van der Waals surface area contributed by atoms with Crippen LogP contribution in [-0.2, 0) is 9.63 Å². The van der Waals surface area contributed by atoms with Crippen molar-refractivity contribution in [3.8, 4) is 0 Å². The van der Waals surface area contributed by atoms with E-state index in [1.807, 2.05) is 27.7 Å². The maximum Gasteiger partial charge on any atom is 0.366 e. The van der Waals surface area contributed by atoms with Crippen LogP contribution in [0.25, 0.3) is 0 Å². The predicted octanol–water partition coefficient (Wildman–Crippen LogP) is 3.76. The van der Waals surface area contributed by atoms with Crippen LogP contribution in [0.15, 0.2) is 46.7 Å². The molecule has 0 bridgehead atoms. The molecule has 152 valence electrons. The number of hydrogen-bond donors (Lipinski definition) is 0. The largest absolute Gasteiger partial charge is 0.366 e. The number of oxime groups is 1. The summed E-state index contributed by atoms with van der Waals surface area (Å²) in [5, 5.41) is 25.6. The lowest BCUT2D eigenvalue weighted by Crippen LogP contribution is -2.21. The predicted molar refractivity (Wildman–Crippen MR) is 103 cm³/mol. The van der Waals surface area contributed by atoms with Crippen molar-refractivity contribution in [2.75, 3.05) is 0 Å². The zero-order chi connectivity index (χ0) is 21.9. The van der Waals surface area contributed by atoms with E-state index in [0.717, 1.165) is 18.2 Å². The molecule has 1 aromatic carbocycles. The van der Waals surface area contributed by atoms with E-state index in [2.05, 4.69) is 5.16 Å². The van der Waals surface area contributed by atoms with Gasteiger partial charge in [-0.3, -0.25) is 25.0 Å². The van der Waals surface area contributed by atoms with Gasteiger partial charge < -0.3 is 4.84 Å². The number of ketones is 1. The van der Waals surface area contributed by atoms with Crippen molar-refractivity contribution in [1.82, 2.24) is 0 Å². The van der Waals surface area contributed by atoms with Crippen LogP contribution in [0.3, 0.4) is 0 Å². The van der Waals surface area contributed by atoms with Gasteiger partial charge in [0.1, 0.15) is 5.71 Å². The fourth-order valence-corrected chi connectivity index (χ4v) is 2.64. The van der Waals surface area contributed by atoms with E-state index >= 15 is 0 Å².